The standard InChI is InChI=1S/C17H19BrN2O2/c1-11-4-7-16(12(2)8-11)22-10-13-9-14(18)5-6-15(13)20-17(21)19-3/h4-9H,10H2,1-3H3,(H2,19,20,21). The number of rotatable bonds is 4. The Morgan fingerprint density at radius 2 is 1.95 bits per heavy atom. The van der Waals surface area contributed by atoms with Gasteiger partial charge in [-0.1, -0.05) is 33.6 Å². The molecule has 0 aromatic heterocycles. The van der Waals surface area contributed by atoms with Gasteiger partial charge in [-0.3, -0.25) is 0 Å². The number of hydrogen-bond acceptors (Lipinski definition) is 2. The first-order valence-electron chi connectivity index (χ1n) is 6.97. The Morgan fingerprint density at radius 3 is 2.64 bits per heavy atom. The van der Waals surface area contributed by atoms with Gasteiger partial charge >= 0.3 is 6.03 Å². The fourth-order valence-corrected chi connectivity index (χ4v) is 2.51. The summed E-state index contributed by atoms with van der Waals surface area (Å²) in [5.41, 5.74) is 3.93. The maximum atomic E-state index is 11.5. The average molecular weight is 363 g/mol. The van der Waals surface area contributed by atoms with Crippen LogP contribution in [0.2, 0.25) is 0 Å². The van der Waals surface area contributed by atoms with Gasteiger partial charge in [0.15, 0.2) is 0 Å². The summed E-state index contributed by atoms with van der Waals surface area (Å²) in [7, 11) is 1.58. The molecule has 0 unspecified atom stereocenters. The summed E-state index contributed by atoms with van der Waals surface area (Å²) < 4.78 is 6.84. The Labute approximate surface area is 139 Å². The molecule has 0 fully saturated rings. The van der Waals surface area contributed by atoms with Crippen molar-refractivity contribution in [2.24, 2.45) is 0 Å². The van der Waals surface area contributed by atoms with Crippen LogP contribution in [0, 0.1) is 13.8 Å². The van der Waals surface area contributed by atoms with Gasteiger partial charge < -0.3 is 15.4 Å². The summed E-state index contributed by atoms with van der Waals surface area (Å²) in [5, 5.41) is 5.34. The Kier molecular flexibility index (Phi) is 5.44. The molecule has 0 bridgehead atoms. The molecular formula is C17H19BrN2O2. The molecule has 0 saturated heterocycles. The molecule has 0 atom stereocenters. The summed E-state index contributed by atoms with van der Waals surface area (Å²) in [6.07, 6.45) is 0. The third kappa shape index (κ3) is 4.24. The van der Waals surface area contributed by atoms with E-state index in [1.807, 2.05) is 37.3 Å². The Hall–Kier alpha value is -2.01. The van der Waals surface area contributed by atoms with Crippen molar-refractivity contribution in [2.45, 2.75) is 20.5 Å². The molecule has 0 heterocycles. The van der Waals surface area contributed by atoms with E-state index in [1.165, 1.54) is 5.56 Å². The Morgan fingerprint density at radius 1 is 1.18 bits per heavy atom. The van der Waals surface area contributed by atoms with Crippen molar-refractivity contribution in [3.63, 3.8) is 0 Å². The van der Waals surface area contributed by atoms with Crippen LogP contribution in [-0.2, 0) is 6.61 Å². The number of urea groups is 1. The van der Waals surface area contributed by atoms with Gasteiger partial charge in [-0.2, -0.15) is 0 Å². The number of carbonyl (C=O) groups is 1. The van der Waals surface area contributed by atoms with Gasteiger partial charge in [-0.05, 0) is 43.7 Å². The summed E-state index contributed by atoms with van der Waals surface area (Å²) >= 11 is 3.45. The van der Waals surface area contributed by atoms with Crippen molar-refractivity contribution in [3.8, 4) is 5.75 Å². The largest absolute Gasteiger partial charge is 0.489 e. The minimum Gasteiger partial charge on any atom is -0.489 e. The lowest BCUT2D eigenvalue weighted by Crippen LogP contribution is -2.25. The molecular weight excluding hydrogens is 344 g/mol. The van der Waals surface area contributed by atoms with Crippen LogP contribution in [0.3, 0.4) is 0 Å². The second-order valence-corrected chi connectivity index (χ2v) is 5.98. The van der Waals surface area contributed by atoms with E-state index < -0.39 is 0 Å². The number of anilines is 1. The van der Waals surface area contributed by atoms with E-state index in [0.29, 0.717) is 6.61 Å². The number of ether oxygens (including phenoxy) is 1. The minimum absolute atomic E-state index is 0.255. The monoisotopic (exact) mass is 362 g/mol. The third-order valence-electron chi connectivity index (χ3n) is 3.26. The maximum absolute atomic E-state index is 11.5. The lowest BCUT2D eigenvalue weighted by atomic mass is 10.1. The van der Waals surface area contributed by atoms with Crippen molar-refractivity contribution in [1.82, 2.24) is 5.32 Å². The molecule has 0 radical (unpaired) electrons. The molecule has 2 rings (SSSR count). The maximum Gasteiger partial charge on any atom is 0.318 e. The molecule has 2 N–H and O–H groups in total. The highest BCUT2D eigenvalue weighted by Crippen LogP contribution is 2.25. The SMILES string of the molecule is CNC(=O)Nc1ccc(Br)cc1COc1ccc(C)cc1C. The quantitative estimate of drug-likeness (QED) is 0.846. The molecule has 2 aromatic rings. The van der Waals surface area contributed by atoms with E-state index in [2.05, 4.69) is 39.6 Å². The molecule has 0 aliphatic rings. The van der Waals surface area contributed by atoms with Crippen LogP contribution in [0.1, 0.15) is 16.7 Å². The fourth-order valence-electron chi connectivity index (χ4n) is 2.11. The van der Waals surface area contributed by atoms with E-state index in [9.17, 15) is 4.79 Å². The lowest BCUT2D eigenvalue weighted by Gasteiger charge is -2.14. The second-order valence-electron chi connectivity index (χ2n) is 5.06. The van der Waals surface area contributed by atoms with E-state index in [0.717, 1.165) is 27.0 Å². The van der Waals surface area contributed by atoms with Crippen LogP contribution < -0.4 is 15.4 Å². The zero-order valence-electron chi connectivity index (χ0n) is 12.9. The van der Waals surface area contributed by atoms with Crippen LogP contribution >= 0.6 is 15.9 Å². The van der Waals surface area contributed by atoms with Crippen molar-refractivity contribution in [1.29, 1.82) is 0 Å². The Balaban J connectivity index is 2.17. The van der Waals surface area contributed by atoms with Crippen LogP contribution in [0.15, 0.2) is 40.9 Å². The number of carbonyl (C=O) groups excluding carboxylic acids is 1. The smallest absolute Gasteiger partial charge is 0.318 e. The van der Waals surface area contributed by atoms with E-state index in [1.54, 1.807) is 7.05 Å². The zero-order valence-corrected chi connectivity index (χ0v) is 14.5. The van der Waals surface area contributed by atoms with E-state index in [4.69, 9.17) is 4.74 Å². The van der Waals surface area contributed by atoms with Gasteiger partial charge in [-0.15, -0.1) is 0 Å². The molecule has 0 saturated carbocycles. The number of amides is 2. The second kappa shape index (κ2) is 7.31. The molecule has 4 nitrogen and oxygen atoms in total. The first-order chi connectivity index (χ1) is 10.5. The number of hydrogen-bond donors (Lipinski definition) is 2. The minimum atomic E-state index is -0.255. The van der Waals surface area contributed by atoms with Gasteiger partial charge in [0, 0.05) is 22.8 Å². The number of nitrogens with one attached hydrogen (secondary N) is 2. The molecule has 22 heavy (non-hydrogen) atoms. The third-order valence-corrected chi connectivity index (χ3v) is 3.75. The summed E-state index contributed by atoms with van der Waals surface area (Å²) in [6.45, 7) is 4.45. The number of halogens is 1. The van der Waals surface area contributed by atoms with Gasteiger partial charge in [0.1, 0.15) is 12.4 Å². The molecule has 2 aromatic carbocycles. The highest BCUT2D eigenvalue weighted by atomic mass is 79.9. The van der Waals surface area contributed by atoms with Crippen LogP contribution in [0.4, 0.5) is 10.5 Å². The van der Waals surface area contributed by atoms with Crippen molar-refractivity contribution >= 4 is 27.6 Å². The first kappa shape index (κ1) is 16.4. The van der Waals surface area contributed by atoms with Crippen molar-refractivity contribution in [2.75, 3.05) is 12.4 Å². The van der Waals surface area contributed by atoms with Crippen LogP contribution in [0.5, 0.6) is 5.75 Å². The molecule has 0 aliphatic heterocycles. The highest BCUT2D eigenvalue weighted by molar-refractivity contribution is 9.10. The van der Waals surface area contributed by atoms with Crippen molar-refractivity contribution in [3.05, 3.63) is 57.6 Å². The van der Waals surface area contributed by atoms with Gasteiger partial charge in [0.25, 0.3) is 0 Å². The topological polar surface area (TPSA) is 50.4 Å². The van der Waals surface area contributed by atoms with Gasteiger partial charge in [0.05, 0.1) is 0 Å². The molecule has 0 aliphatic carbocycles. The van der Waals surface area contributed by atoms with E-state index >= 15 is 0 Å². The van der Waals surface area contributed by atoms with Crippen molar-refractivity contribution < 1.29 is 9.53 Å². The van der Waals surface area contributed by atoms with Crippen LogP contribution in [0.25, 0.3) is 0 Å². The normalized spacial score (nSPS) is 10.2. The molecule has 2 amide bonds. The van der Waals surface area contributed by atoms with Gasteiger partial charge in [0.2, 0.25) is 0 Å². The fraction of sp³-hybridized carbons (Fsp3) is 0.235. The first-order valence-corrected chi connectivity index (χ1v) is 7.76. The summed E-state index contributed by atoms with van der Waals surface area (Å²) in [4.78, 5) is 11.5. The van der Waals surface area contributed by atoms with Crippen LogP contribution in [-0.4, -0.2) is 13.1 Å². The predicted molar refractivity (Wildman–Crippen MR) is 92.5 cm³/mol. The summed E-state index contributed by atoms with van der Waals surface area (Å²) in [6, 6.07) is 11.5. The summed E-state index contributed by atoms with van der Waals surface area (Å²) in [5.74, 6) is 0.844. The number of aryl methyl sites for hydroxylation is 2. The Bertz CT molecular complexity index is 686. The predicted octanol–water partition coefficient (Wildman–Crippen LogP) is 4.40. The molecule has 5 heteroatoms. The lowest BCUT2D eigenvalue weighted by molar-refractivity contribution is 0.254. The molecule has 0 spiro atoms. The van der Waals surface area contributed by atoms with E-state index in [-0.39, 0.29) is 6.03 Å². The molecule has 116 valence electrons. The zero-order chi connectivity index (χ0) is 16.1. The van der Waals surface area contributed by atoms with Gasteiger partial charge in [-0.25, -0.2) is 4.79 Å². The average Bonchev–Trinajstić information content (AvgIpc) is 2.48. The highest BCUT2D eigenvalue weighted by Gasteiger charge is 2.08. The number of benzene rings is 2.